The molecule has 1 aromatic carbocycles. The summed E-state index contributed by atoms with van der Waals surface area (Å²) < 4.78 is 38.8. The Morgan fingerprint density at radius 3 is 2.74 bits per heavy atom. The smallest absolute Gasteiger partial charge is 0.358 e. The van der Waals surface area contributed by atoms with E-state index in [1.54, 1.807) is 0 Å². The van der Waals surface area contributed by atoms with Crippen LogP contribution in [0.4, 0.5) is 13.2 Å². The Labute approximate surface area is 151 Å². The third-order valence-electron chi connectivity index (χ3n) is 3.95. The van der Waals surface area contributed by atoms with E-state index < -0.39 is 29.8 Å². The van der Waals surface area contributed by atoms with Crippen LogP contribution in [0.3, 0.4) is 0 Å². The van der Waals surface area contributed by atoms with Crippen LogP contribution in [-0.2, 0) is 17.5 Å². The van der Waals surface area contributed by atoms with Gasteiger partial charge in [0.1, 0.15) is 6.54 Å². The van der Waals surface area contributed by atoms with Crippen LogP contribution in [0, 0.1) is 6.92 Å². The molecule has 0 aliphatic carbocycles. The Balaban J connectivity index is 1.72. The third-order valence-corrected chi connectivity index (χ3v) is 3.95. The largest absolute Gasteiger partial charge is 0.417 e. The number of aromatic nitrogens is 2. The second kappa shape index (κ2) is 7.10. The average molecular weight is 376 g/mol. The predicted molar refractivity (Wildman–Crippen MR) is 94.5 cm³/mol. The fourth-order valence-corrected chi connectivity index (χ4v) is 2.65. The van der Waals surface area contributed by atoms with E-state index in [0.717, 1.165) is 28.2 Å². The van der Waals surface area contributed by atoms with E-state index in [2.05, 4.69) is 15.5 Å². The van der Waals surface area contributed by atoms with Crippen molar-refractivity contribution >= 4 is 23.0 Å². The summed E-state index contributed by atoms with van der Waals surface area (Å²) >= 11 is 0. The molecule has 0 aliphatic heterocycles. The number of hydrogen-bond donors (Lipinski definition) is 2. The van der Waals surface area contributed by atoms with Crippen LogP contribution in [0.1, 0.15) is 16.8 Å². The number of nitrogens with one attached hydrogen (secondary N) is 2. The van der Waals surface area contributed by atoms with Gasteiger partial charge in [-0.15, -0.1) is 0 Å². The number of amides is 1. The number of aryl methyl sites for hydroxylation is 1. The zero-order valence-corrected chi connectivity index (χ0v) is 14.2. The predicted octanol–water partition coefficient (Wildman–Crippen LogP) is 2.81. The SMILES string of the molecule is Cc1[nH]c2ccccc2c1C=NNC(=O)Cn1cc(C(F)(F)F)ccc1=O. The highest BCUT2D eigenvalue weighted by atomic mass is 19.4. The standard InChI is InChI=1S/C18H15F3N4O2/c1-11-14(13-4-2-3-5-15(13)23-11)8-22-24-16(26)10-25-9-12(18(19,20)21)6-7-17(25)27/h2-9,23H,10H2,1H3,(H,24,26). The molecule has 2 N–H and O–H groups in total. The van der Waals surface area contributed by atoms with Gasteiger partial charge < -0.3 is 9.55 Å². The molecule has 3 rings (SSSR count). The number of benzene rings is 1. The number of pyridine rings is 1. The van der Waals surface area contributed by atoms with Crippen molar-refractivity contribution in [3.8, 4) is 0 Å². The first-order valence-corrected chi connectivity index (χ1v) is 7.92. The molecule has 0 saturated carbocycles. The van der Waals surface area contributed by atoms with Gasteiger partial charge in [0.25, 0.3) is 11.5 Å². The molecule has 2 heterocycles. The van der Waals surface area contributed by atoms with Gasteiger partial charge in [0.05, 0.1) is 11.8 Å². The van der Waals surface area contributed by atoms with Gasteiger partial charge in [0, 0.05) is 34.4 Å². The summed E-state index contributed by atoms with van der Waals surface area (Å²) in [4.78, 5) is 26.8. The van der Waals surface area contributed by atoms with Gasteiger partial charge in [-0.25, -0.2) is 5.43 Å². The van der Waals surface area contributed by atoms with Crippen molar-refractivity contribution in [3.05, 3.63) is 69.8 Å². The van der Waals surface area contributed by atoms with Gasteiger partial charge >= 0.3 is 6.18 Å². The molecule has 0 saturated heterocycles. The molecule has 1 amide bonds. The summed E-state index contributed by atoms with van der Waals surface area (Å²) in [5.41, 5.74) is 3.05. The topological polar surface area (TPSA) is 79.2 Å². The van der Waals surface area contributed by atoms with Crippen molar-refractivity contribution in [2.24, 2.45) is 5.10 Å². The molecule has 0 radical (unpaired) electrons. The molecular weight excluding hydrogens is 361 g/mol. The normalized spacial score (nSPS) is 12.0. The number of hydrazone groups is 1. The number of H-pyrrole nitrogens is 1. The lowest BCUT2D eigenvalue weighted by molar-refractivity contribution is -0.138. The molecule has 0 unspecified atom stereocenters. The second-order valence-corrected chi connectivity index (χ2v) is 5.88. The van der Waals surface area contributed by atoms with Crippen LogP contribution in [0.15, 0.2) is 52.5 Å². The van der Waals surface area contributed by atoms with E-state index in [4.69, 9.17) is 0 Å². The van der Waals surface area contributed by atoms with Crippen LogP contribution in [0.2, 0.25) is 0 Å². The van der Waals surface area contributed by atoms with E-state index in [-0.39, 0.29) is 0 Å². The Bertz CT molecular complexity index is 1080. The lowest BCUT2D eigenvalue weighted by Crippen LogP contribution is -2.30. The summed E-state index contributed by atoms with van der Waals surface area (Å²) in [6, 6.07) is 8.99. The Hall–Kier alpha value is -3.36. The molecule has 140 valence electrons. The maximum atomic E-state index is 12.7. The van der Waals surface area contributed by atoms with Crippen molar-refractivity contribution in [1.82, 2.24) is 15.0 Å². The summed E-state index contributed by atoms with van der Waals surface area (Å²) in [5, 5.41) is 4.76. The average Bonchev–Trinajstić information content (AvgIpc) is 2.91. The van der Waals surface area contributed by atoms with Gasteiger partial charge in [-0.2, -0.15) is 18.3 Å². The fraction of sp³-hybridized carbons (Fsp3) is 0.167. The number of hydrogen-bond acceptors (Lipinski definition) is 3. The number of para-hydroxylation sites is 1. The number of fused-ring (bicyclic) bond motifs is 1. The van der Waals surface area contributed by atoms with E-state index in [9.17, 15) is 22.8 Å². The molecular formula is C18H15F3N4O2. The van der Waals surface area contributed by atoms with Crippen molar-refractivity contribution < 1.29 is 18.0 Å². The lowest BCUT2D eigenvalue weighted by atomic mass is 10.1. The Morgan fingerprint density at radius 1 is 1.26 bits per heavy atom. The van der Waals surface area contributed by atoms with Crippen LogP contribution in [0.5, 0.6) is 0 Å². The Kier molecular flexibility index (Phi) is 4.85. The molecule has 3 aromatic rings. The van der Waals surface area contributed by atoms with Crippen molar-refractivity contribution in [2.75, 3.05) is 0 Å². The van der Waals surface area contributed by atoms with E-state index >= 15 is 0 Å². The number of rotatable bonds is 4. The highest BCUT2D eigenvalue weighted by molar-refractivity contribution is 6.00. The van der Waals surface area contributed by atoms with Crippen molar-refractivity contribution in [2.45, 2.75) is 19.6 Å². The minimum absolute atomic E-state index is 0.576. The monoisotopic (exact) mass is 376 g/mol. The first-order chi connectivity index (χ1) is 12.8. The van der Waals surface area contributed by atoms with E-state index in [1.807, 2.05) is 31.2 Å². The highest BCUT2D eigenvalue weighted by Gasteiger charge is 2.31. The van der Waals surface area contributed by atoms with Gasteiger partial charge in [0.2, 0.25) is 0 Å². The molecule has 6 nitrogen and oxygen atoms in total. The maximum Gasteiger partial charge on any atom is 0.417 e. The Morgan fingerprint density at radius 2 is 2.00 bits per heavy atom. The van der Waals surface area contributed by atoms with Gasteiger partial charge in [-0.3, -0.25) is 9.59 Å². The summed E-state index contributed by atoms with van der Waals surface area (Å²) in [7, 11) is 0. The van der Waals surface area contributed by atoms with Crippen LogP contribution in [0.25, 0.3) is 10.9 Å². The lowest BCUT2D eigenvalue weighted by Gasteiger charge is -2.09. The molecule has 9 heteroatoms. The van der Waals surface area contributed by atoms with Crippen molar-refractivity contribution in [3.63, 3.8) is 0 Å². The van der Waals surface area contributed by atoms with Crippen LogP contribution < -0.4 is 11.0 Å². The number of halogens is 3. The quantitative estimate of drug-likeness (QED) is 0.543. The zero-order valence-electron chi connectivity index (χ0n) is 14.2. The van der Waals surface area contributed by atoms with Crippen molar-refractivity contribution in [1.29, 1.82) is 0 Å². The fourth-order valence-electron chi connectivity index (χ4n) is 2.65. The van der Waals surface area contributed by atoms with Gasteiger partial charge in [-0.1, -0.05) is 18.2 Å². The highest BCUT2D eigenvalue weighted by Crippen LogP contribution is 2.28. The molecule has 0 atom stereocenters. The molecule has 27 heavy (non-hydrogen) atoms. The van der Waals surface area contributed by atoms with Crippen LogP contribution in [-0.4, -0.2) is 21.7 Å². The summed E-state index contributed by atoms with van der Waals surface area (Å²) in [6.45, 7) is 1.28. The number of carbonyl (C=O) groups is 1. The molecule has 0 fully saturated rings. The number of carbonyl (C=O) groups excluding carboxylic acids is 1. The van der Waals surface area contributed by atoms with Gasteiger partial charge in [0.15, 0.2) is 0 Å². The van der Waals surface area contributed by atoms with Crippen LogP contribution >= 0.6 is 0 Å². The summed E-state index contributed by atoms with van der Waals surface area (Å²) in [5.74, 6) is -0.717. The minimum atomic E-state index is -4.60. The van der Waals surface area contributed by atoms with E-state index in [1.165, 1.54) is 6.21 Å². The first kappa shape index (κ1) is 18.4. The third kappa shape index (κ3) is 4.08. The van der Waals surface area contributed by atoms with E-state index in [0.29, 0.717) is 16.8 Å². The molecule has 0 aliphatic rings. The zero-order chi connectivity index (χ0) is 19.6. The molecule has 0 spiro atoms. The molecule has 2 aromatic heterocycles. The summed E-state index contributed by atoms with van der Waals surface area (Å²) in [6.07, 6.45) is -2.55. The minimum Gasteiger partial charge on any atom is -0.358 e. The van der Waals surface area contributed by atoms with Gasteiger partial charge in [-0.05, 0) is 19.1 Å². The second-order valence-electron chi connectivity index (χ2n) is 5.88. The number of nitrogens with zero attached hydrogens (tertiary/aromatic N) is 2. The number of alkyl halides is 3. The first-order valence-electron chi connectivity index (χ1n) is 7.92. The number of aromatic amines is 1. The molecule has 0 bridgehead atoms. The maximum absolute atomic E-state index is 12.7.